The SMILES string of the molecule is CC(C)(C)OC(=O)Nc1nc(/C(=N/OC(C)(C)C(=O)O)C(=O)NC2C(=O)N[C@H]2CN)cs1. The van der Waals surface area contributed by atoms with E-state index in [0.29, 0.717) is 0 Å². The fraction of sp³-hybridized carbons (Fsp3) is 0.556. The Morgan fingerprint density at radius 2 is 1.97 bits per heavy atom. The van der Waals surface area contributed by atoms with Gasteiger partial charge in [0.15, 0.2) is 10.8 Å². The summed E-state index contributed by atoms with van der Waals surface area (Å²) in [7, 11) is 0. The Morgan fingerprint density at radius 3 is 2.50 bits per heavy atom. The fourth-order valence-corrected chi connectivity index (χ4v) is 2.93. The summed E-state index contributed by atoms with van der Waals surface area (Å²) >= 11 is 0.978. The Bertz CT molecular complexity index is 936. The van der Waals surface area contributed by atoms with Crippen molar-refractivity contribution in [1.82, 2.24) is 15.6 Å². The molecule has 2 atom stereocenters. The first-order valence-corrected chi connectivity index (χ1v) is 10.4. The van der Waals surface area contributed by atoms with Gasteiger partial charge in [0.1, 0.15) is 17.3 Å². The van der Waals surface area contributed by atoms with Gasteiger partial charge >= 0.3 is 12.1 Å². The van der Waals surface area contributed by atoms with Crippen LogP contribution in [0.5, 0.6) is 0 Å². The third kappa shape index (κ3) is 6.37. The van der Waals surface area contributed by atoms with Crippen molar-refractivity contribution in [2.45, 2.75) is 57.9 Å². The predicted molar refractivity (Wildman–Crippen MR) is 114 cm³/mol. The van der Waals surface area contributed by atoms with Crippen LogP contribution in [-0.2, 0) is 24.0 Å². The lowest BCUT2D eigenvalue weighted by Gasteiger charge is -2.36. The van der Waals surface area contributed by atoms with Crippen molar-refractivity contribution >= 4 is 46.1 Å². The van der Waals surface area contributed by atoms with Crippen molar-refractivity contribution in [3.63, 3.8) is 0 Å². The maximum Gasteiger partial charge on any atom is 0.413 e. The third-order valence-corrected chi connectivity index (χ3v) is 4.76. The van der Waals surface area contributed by atoms with Gasteiger partial charge in [0.05, 0.1) is 6.04 Å². The molecule has 2 rings (SSSR count). The summed E-state index contributed by atoms with van der Waals surface area (Å²) in [6.07, 6.45) is -0.749. The molecule has 3 amide bonds. The maximum atomic E-state index is 12.8. The Balaban J connectivity index is 2.26. The number of carbonyl (C=O) groups is 4. The van der Waals surface area contributed by atoms with Gasteiger partial charge in [0, 0.05) is 11.9 Å². The van der Waals surface area contributed by atoms with Gasteiger partial charge < -0.3 is 31.0 Å². The second-order valence-corrected chi connectivity index (χ2v) is 9.17. The number of aliphatic carboxylic acids is 1. The number of nitrogens with zero attached hydrogens (tertiary/aromatic N) is 2. The lowest BCUT2D eigenvalue weighted by atomic mass is 9.99. The van der Waals surface area contributed by atoms with E-state index in [1.165, 1.54) is 19.2 Å². The number of oxime groups is 1. The average Bonchev–Trinajstić information content (AvgIpc) is 3.10. The molecule has 0 bridgehead atoms. The molecule has 1 saturated heterocycles. The number of ether oxygens (including phenoxy) is 1. The van der Waals surface area contributed by atoms with Crippen LogP contribution < -0.4 is 21.7 Å². The number of aromatic nitrogens is 1. The molecule has 0 aliphatic carbocycles. The van der Waals surface area contributed by atoms with E-state index in [1.807, 2.05) is 0 Å². The van der Waals surface area contributed by atoms with Crippen LogP contribution >= 0.6 is 11.3 Å². The van der Waals surface area contributed by atoms with Crippen LogP contribution in [0.2, 0.25) is 0 Å². The standard InChI is InChI=1S/C18H26N6O7S/c1-17(2,3)30-16(29)23-15-21-9(7-32-15)11(24-31-18(4,5)14(27)28)13(26)22-10-8(6-19)20-12(10)25/h7-8,10H,6,19H2,1-5H3,(H,20,25)(H,22,26)(H,27,28)(H,21,23,29)/b24-11-/t8-,10?/m0/s1. The molecule has 14 heteroatoms. The number of nitrogens with one attached hydrogen (secondary N) is 3. The number of β-lactam (4-membered cyclic amide) rings is 1. The summed E-state index contributed by atoms with van der Waals surface area (Å²) in [4.78, 5) is 57.0. The number of hydrogen-bond acceptors (Lipinski definition) is 10. The van der Waals surface area contributed by atoms with Gasteiger partial charge in [-0.05, 0) is 34.6 Å². The van der Waals surface area contributed by atoms with Gasteiger partial charge in [-0.1, -0.05) is 5.16 Å². The number of carboxylic acids is 1. The highest BCUT2D eigenvalue weighted by Gasteiger charge is 2.40. The van der Waals surface area contributed by atoms with Gasteiger partial charge in [0.2, 0.25) is 11.5 Å². The van der Waals surface area contributed by atoms with E-state index < -0.39 is 47.2 Å². The second kappa shape index (κ2) is 9.48. The molecule has 1 unspecified atom stereocenters. The van der Waals surface area contributed by atoms with Crippen molar-refractivity contribution in [3.05, 3.63) is 11.1 Å². The van der Waals surface area contributed by atoms with Crippen LogP contribution in [0.4, 0.5) is 9.93 Å². The zero-order chi connectivity index (χ0) is 24.3. The number of thiazole rings is 1. The van der Waals surface area contributed by atoms with E-state index in [9.17, 15) is 24.3 Å². The quantitative estimate of drug-likeness (QED) is 0.198. The highest BCUT2D eigenvalue weighted by molar-refractivity contribution is 7.14. The number of hydrogen-bond donors (Lipinski definition) is 5. The van der Waals surface area contributed by atoms with Crippen LogP contribution in [0.3, 0.4) is 0 Å². The van der Waals surface area contributed by atoms with Crippen molar-refractivity contribution in [2.24, 2.45) is 10.9 Å². The summed E-state index contributed by atoms with van der Waals surface area (Å²) in [5.74, 6) is -2.57. The van der Waals surface area contributed by atoms with E-state index in [2.05, 4.69) is 26.1 Å². The van der Waals surface area contributed by atoms with Crippen molar-refractivity contribution in [3.8, 4) is 0 Å². The summed E-state index contributed by atoms with van der Waals surface area (Å²) in [5, 5.41) is 21.9. The van der Waals surface area contributed by atoms with Gasteiger partial charge in [-0.25, -0.2) is 14.6 Å². The minimum Gasteiger partial charge on any atom is -0.478 e. The number of carboxylic acid groups (broad SMARTS) is 1. The fourth-order valence-electron chi connectivity index (χ4n) is 2.25. The maximum absolute atomic E-state index is 12.8. The largest absolute Gasteiger partial charge is 0.478 e. The first-order valence-electron chi connectivity index (χ1n) is 9.50. The van der Waals surface area contributed by atoms with Crippen LogP contribution in [0.25, 0.3) is 0 Å². The molecule has 1 aliphatic rings. The Kier molecular flexibility index (Phi) is 7.41. The highest BCUT2D eigenvalue weighted by Crippen LogP contribution is 2.19. The molecule has 176 valence electrons. The van der Waals surface area contributed by atoms with Crippen LogP contribution in [0.1, 0.15) is 40.3 Å². The summed E-state index contributed by atoms with van der Waals surface area (Å²) < 4.78 is 5.15. The van der Waals surface area contributed by atoms with E-state index in [0.717, 1.165) is 11.3 Å². The minimum atomic E-state index is -1.74. The number of anilines is 1. The average molecular weight is 471 g/mol. The molecule has 1 aromatic rings. The van der Waals surface area contributed by atoms with Crippen molar-refractivity contribution < 1.29 is 33.9 Å². The number of carbonyl (C=O) groups excluding carboxylic acids is 3. The van der Waals surface area contributed by atoms with Gasteiger partial charge in [-0.2, -0.15) is 0 Å². The predicted octanol–water partition coefficient (Wildman–Crippen LogP) is 0.0159. The normalized spacial score (nSPS) is 18.8. The summed E-state index contributed by atoms with van der Waals surface area (Å²) in [6.45, 7) is 7.68. The second-order valence-electron chi connectivity index (χ2n) is 8.31. The van der Waals surface area contributed by atoms with Gasteiger partial charge in [-0.15, -0.1) is 11.3 Å². The Labute approximate surface area is 187 Å². The summed E-state index contributed by atoms with van der Waals surface area (Å²) in [6, 6.07) is -1.34. The first kappa shape index (κ1) is 25.0. The lowest BCUT2D eigenvalue weighted by molar-refractivity contribution is -0.161. The molecule has 1 aliphatic heterocycles. The molecule has 32 heavy (non-hydrogen) atoms. The van der Waals surface area contributed by atoms with E-state index in [-0.39, 0.29) is 23.1 Å². The molecule has 0 saturated carbocycles. The van der Waals surface area contributed by atoms with Gasteiger partial charge in [-0.3, -0.25) is 14.9 Å². The Morgan fingerprint density at radius 1 is 1.31 bits per heavy atom. The molecule has 0 aromatic carbocycles. The van der Waals surface area contributed by atoms with Gasteiger partial charge in [0.25, 0.3) is 5.91 Å². The summed E-state index contributed by atoms with van der Waals surface area (Å²) in [5.41, 5.74) is 2.68. The topological polar surface area (TPSA) is 194 Å². The smallest absolute Gasteiger partial charge is 0.413 e. The molecular weight excluding hydrogens is 444 g/mol. The third-order valence-electron chi connectivity index (χ3n) is 4.00. The molecular formula is C18H26N6O7S. The highest BCUT2D eigenvalue weighted by atomic mass is 32.1. The lowest BCUT2D eigenvalue weighted by Crippen LogP contribution is -2.71. The minimum absolute atomic E-state index is 0.0104. The van der Waals surface area contributed by atoms with E-state index in [1.54, 1.807) is 20.8 Å². The Hall–Kier alpha value is -3.26. The van der Waals surface area contributed by atoms with Crippen LogP contribution in [-0.4, -0.2) is 69.5 Å². The van der Waals surface area contributed by atoms with Crippen LogP contribution in [0.15, 0.2) is 10.5 Å². The van der Waals surface area contributed by atoms with E-state index in [4.69, 9.17) is 15.3 Å². The number of nitrogens with two attached hydrogens (primary N) is 1. The van der Waals surface area contributed by atoms with Crippen molar-refractivity contribution in [1.29, 1.82) is 0 Å². The van der Waals surface area contributed by atoms with Crippen LogP contribution in [0, 0.1) is 0 Å². The van der Waals surface area contributed by atoms with E-state index >= 15 is 0 Å². The first-order chi connectivity index (χ1) is 14.7. The molecule has 6 N–H and O–H groups in total. The molecule has 0 spiro atoms. The number of rotatable bonds is 8. The van der Waals surface area contributed by atoms with Crippen molar-refractivity contribution in [2.75, 3.05) is 11.9 Å². The number of amides is 3. The molecule has 2 heterocycles. The molecule has 1 fully saturated rings. The molecule has 1 aromatic heterocycles. The monoisotopic (exact) mass is 470 g/mol. The molecule has 0 radical (unpaired) electrons. The zero-order valence-electron chi connectivity index (χ0n) is 18.2. The zero-order valence-corrected chi connectivity index (χ0v) is 19.0. The molecule has 13 nitrogen and oxygen atoms in total.